The van der Waals surface area contributed by atoms with Crippen molar-refractivity contribution in [1.82, 2.24) is 10.1 Å². The molecule has 3 aromatic rings. The number of nitro benzene ring substituents is 1. The first-order valence-corrected chi connectivity index (χ1v) is 9.89. The number of aromatic nitrogens is 3. The predicted molar refractivity (Wildman–Crippen MR) is 107 cm³/mol. The predicted octanol–water partition coefficient (Wildman–Crippen LogP) is 2.27. The Labute approximate surface area is 169 Å². The Bertz CT molecular complexity index is 1210. The maximum Gasteiger partial charge on any atom is 0.325 e. The standard InChI is InChI=1S/C19H15N5O4S/c1-11(25)22-14-9-5-3-7-12(14)16-17(26)20-19(29-2)21-23(16)18(22)13-8-4-6-10-15(13)24(27)28/h3-10,18H,1-2H3/p+1/t18-/m0/s1. The van der Waals surface area contributed by atoms with E-state index in [-0.39, 0.29) is 28.4 Å². The molecule has 1 aliphatic heterocycles. The number of fused-ring (bicyclic) bond motifs is 3. The molecule has 1 atom stereocenters. The second kappa shape index (κ2) is 7.13. The zero-order valence-electron chi connectivity index (χ0n) is 15.5. The van der Waals surface area contributed by atoms with E-state index in [1.165, 1.54) is 34.3 Å². The number of para-hydroxylation sites is 2. The van der Waals surface area contributed by atoms with E-state index in [0.29, 0.717) is 16.4 Å². The molecule has 4 rings (SSSR count). The Balaban J connectivity index is 2.13. The summed E-state index contributed by atoms with van der Waals surface area (Å²) in [5.41, 5.74) is 0.974. The summed E-state index contributed by atoms with van der Waals surface area (Å²) in [5.74, 6) is -0.327. The average molecular weight is 410 g/mol. The zero-order valence-corrected chi connectivity index (χ0v) is 16.3. The lowest BCUT2D eigenvalue weighted by molar-refractivity contribution is -0.763. The van der Waals surface area contributed by atoms with Gasteiger partial charge in [0.1, 0.15) is 5.56 Å². The number of amides is 1. The van der Waals surface area contributed by atoms with Gasteiger partial charge in [-0.25, -0.2) is 4.90 Å². The molecule has 1 amide bonds. The van der Waals surface area contributed by atoms with Gasteiger partial charge < -0.3 is 0 Å². The fourth-order valence-electron chi connectivity index (χ4n) is 3.56. The van der Waals surface area contributed by atoms with Crippen LogP contribution in [-0.2, 0) is 4.79 Å². The van der Waals surface area contributed by atoms with Crippen molar-refractivity contribution in [2.45, 2.75) is 18.2 Å². The highest BCUT2D eigenvalue weighted by Crippen LogP contribution is 2.39. The summed E-state index contributed by atoms with van der Waals surface area (Å²) in [4.78, 5) is 40.9. The Kier molecular flexibility index (Phi) is 4.63. The lowest BCUT2D eigenvalue weighted by atomic mass is 10.0. The Morgan fingerprint density at radius 3 is 2.62 bits per heavy atom. The van der Waals surface area contributed by atoms with Gasteiger partial charge in [0.2, 0.25) is 11.1 Å². The number of H-pyrrole nitrogens is 1. The van der Waals surface area contributed by atoms with E-state index < -0.39 is 11.1 Å². The van der Waals surface area contributed by atoms with Crippen LogP contribution < -0.4 is 15.1 Å². The zero-order chi connectivity index (χ0) is 20.7. The molecular weight excluding hydrogens is 394 g/mol. The fourth-order valence-corrected chi connectivity index (χ4v) is 3.92. The van der Waals surface area contributed by atoms with Crippen LogP contribution in [0.5, 0.6) is 0 Å². The third kappa shape index (κ3) is 2.97. The second-order valence-corrected chi connectivity index (χ2v) is 7.15. The number of benzene rings is 2. The first-order chi connectivity index (χ1) is 13.9. The van der Waals surface area contributed by atoms with Crippen LogP contribution >= 0.6 is 11.8 Å². The number of aromatic amines is 1. The maximum atomic E-state index is 12.9. The molecule has 2 heterocycles. The molecule has 0 bridgehead atoms. The van der Waals surface area contributed by atoms with Gasteiger partial charge in [0.25, 0.3) is 11.9 Å². The number of nitrogens with zero attached hydrogens (tertiary/aromatic N) is 4. The first-order valence-electron chi connectivity index (χ1n) is 8.66. The number of rotatable bonds is 3. The molecule has 1 N–H and O–H groups in total. The Morgan fingerprint density at radius 2 is 1.93 bits per heavy atom. The highest BCUT2D eigenvalue weighted by Gasteiger charge is 2.47. The number of thioether (sulfide) groups is 1. The number of hydrogen-bond donors (Lipinski definition) is 1. The van der Waals surface area contributed by atoms with Gasteiger partial charge in [0.05, 0.1) is 16.2 Å². The van der Waals surface area contributed by atoms with E-state index in [9.17, 15) is 19.7 Å². The van der Waals surface area contributed by atoms with Crippen molar-refractivity contribution in [3.8, 4) is 11.3 Å². The topological polar surface area (TPSA) is 113 Å². The molecule has 1 aliphatic rings. The molecule has 0 aliphatic carbocycles. The van der Waals surface area contributed by atoms with Gasteiger partial charge in [-0.05, 0) is 29.1 Å². The van der Waals surface area contributed by atoms with E-state index in [0.717, 1.165) is 0 Å². The minimum atomic E-state index is -0.979. The smallest absolute Gasteiger partial charge is 0.291 e. The van der Waals surface area contributed by atoms with Gasteiger partial charge in [-0.2, -0.15) is 0 Å². The molecule has 0 radical (unpaired) electrons. The number of hydrogen-bond acceptors (Lipinski definition) is 6. The normalized spacial score (nSPS) is 14.8. The summed E-state index contributed by atoms with van der Waals surface area (Å²) in [6.45, 7) is 1.38. The van der Waals surface area contributed by atoms with Crippen molar-refractivity contribution in [2.24, 2.45) is 0 Å². The minimum absolute atomic E-state index is 0.158. The van der Waals surface area contributed by atoms with Gasteiger partial charge in [-0.15, -0.1) is 0 Å². The van der Waals surface area contributed by atoms with Crippen molar-refractivity contribution in [3.05, 3.63) is 74.6 Å². The molecule has 29 heavy (non-hydrogen) atoms. The fraction of sp³-hybridized carbons (Fsp3) is 0.158. The van der Waals surface area contributed by atoms with Crippen LogP contribution in [0, 0.1) is 10.1 Å². The summed E-state index contributed by atoms with van der Waals surface area (Å²) >= 11 is 1.23. The van der Waals surface area contributed by atoms with Crippen LogP contribution in [0.25, 0.3) is 11.3 Å². The van der Waals surface area contributed by atoms with E-state index in [2.05, 4.69) is 10.1 Å². The maximum absolute atomic E-state index is 12.9. The van der Waals surface area contributed by atoms with Gasteiger partial charge in [-0.3, -0.25) is 24.7 Å². The SMILES string of the molecule is CSc1n[n+]2c(c(=O)[nH]1)-c1ccccc1N(C(C)=O)[C@@H]2c1ccccc1[N+](=O)[O-]. The molecule has 0 saturated carbocycles. The number of nitro groups is 1. The van der Waals surface area contributed by atoms with Crippen LogP contribution in [0.2, 0.25) is 0 Å². The summed E-state index contributed by atoms with van der Waals surface area (Å²) in [7, 11) is 0. The Hall–Kier alpha value is -3.53. The average Bonchev–Trinajstić information content (AvgIpc) is 2.71. The lowest BCUT2D eigenvalue weighted by Crippen LogP contribution is -2.60. The van der Waals surface area contributed by atoms with E-state index >= 15 is 0 Å². The summed E-state index contributed by atoms with van der Waals surface area (Å²) < 4.78 is 1.40. The van der Waals surface area contributed by atoms with Gasteiger partial charge >= 0.3 is 11.3 Å². The largest absolute Gasteiger partial charge is 0.325 e. The van der Waals surface area contributed by atoms with Crippen LogP contribution in [0.15, 0.2) is 58.5 Å². The van der Waals surface area contributed by atoms with Crippen LogP contribution in [0.1, 0.15) is 18.7 Å². The molecule has 146 valence electrons. The first kappa shape index (κ1) is 18.8. The van der Waals surface area contributed by atoms with Gasteiger partial charge in [-0.1, -0.05) is 36.0 Å². The summed E-state index contributed by atoms with van der Waals surface area (Å²) in [6, 6.07) is 13.1. The molecular formula is C19H16N5O4S+. The van der Waals surface area contributed by atoms with E-state index in [1.807, 2.05) is 0 Å². The second-order valence-electron chi connectivity index (χ2n) is 6.35. The lowest BCUT2D eigenvalue weighted by Gasteiger charge is -2.31. The third-order valence-electron chi connectivity index (χ3n) is 4.70. The van der Waals surface area contributed by atoms with Crippen molar-refractivity contribution in [3.63, 3.8) is 0 Å². The van der Waals surface area contributed by atoms with Crippen LogP contribution in [-0.4, -0.2) is 27.2 Å². The summed E-state index contributed by atoms with van der Waals surface area (Å²) in [5, 5.41) is 16.5. The van der Waals surface area contributed by atoms with E-state index in [1.54, 1.807) is 48.7 Å². The Morgan fingerprint density at radius 1 is 1.24 bits per heavy atom. The van der Waals surface area contributed by atoms with Crippen LogP contribution in [0.3, 0.4) is 0 Å². The molecule has 10 heteroatoms. The number of nitrogens with one attached hydrogen (secondary N) is 1. The van der Waals surface area contributed by atoms with E-state index in [4.69, 9.17) is 0 Å². The van der Waals surface area contributed by atoms with Gasteiger partial charge in [0, 0.05) is 18.1 Å². The molecule has 0 spiro atoms. The van der Waals surface area contributed by atoms with Gasteiger partial charge in [0.15, 0.2) is 0 Å². The van der Waals surface area contributed by atoms with Crippen LogP contribution in [0.4, 0.5) is 11.4 Å². The van der Waals surface area contributed by atoms with Crippen molar-refractivity contribution in [2.75, 3.05) is 11.2 Å². The highest BCUT2D eigenvalue weighted by molar-refractivity contribution is 7.98. The molecule has 0 unspecified atom stereocenters. The van der Waals surface area contributed by atoms with Crippen molar-refractivity contribution >= 4 is 29.0 Å². The third-order valence-corrected chi connectivity index (χ3v) is 5.27. The number of carbonyl (C=O) groups is 1. The molecule has 1 aromatic heterocycles. The number of carbonyl (C=O) groups excluding carboxylic acids is 1. The number of anilines is 1. The summed E-state index contributed by atoms with van der Waals surface area (Å²) in [6.07, 6.45) is 0.775. The monoisotopic (exact) mass is 410 g/mol. The molecule has 0 saturated heterocycles. The molecule has 0 fully saturated rings. The van der Waals surface area contributed by atoms with Crippen molar-refractivity contribution in [1.29, 1.82) is 0 Å². The quantitative estimate of drug-likeness (QED) is 0.307. The highest BCUT2D eigenvalue weighted by atomic mass is 32.2. The minimum Gasteiger partial charge on any atom is -0.291 e. The van der Waals surface area contributed by atoms with Crippen molar-refractivity contribution < 1.29 is 14.4 Å². The molecule has 2 aromatic carbocycles. The molecule has 9 nitrogen and oxygen atoms in total.